The zero-order valence-corrected chi connectivity index (χ0v) is 14.4. The Morgan fingerprint density at radius 1 is 0.833 bits per heavy atom. The van der Waals surface area contributed by atoms with Crippen molar-refractivity contribution in [2.24, 2.45) is 0 Å². The molecule has 0 aromatic heterocycles. The molecule has 1 nitrogen and oxygen atoms in total. The first-order valence-electron chi connectivity index (χ1n) is 8.22. The highest BCUT2D eigenvalue weighted by Crippen LogP contribution is 2.50. The van der Waals surface area contributed by atoms with Gasteiger partial charge in [-0.25, -0.2) is 0 Å². The Bertz CT molecular complexity index is 822. The topological polar surface area (TPSA) is 3.24 Å². The molecule has 3 rings (SSSR count). The Hall–Kier alpha value is -2.80. The molecule has 0 atom stereocenters. The van der Waals surface area contributed by atoms with Gasteiger partial charge in [-0.2, -0.15) is 0 Å². The fourth-order valence-corrected chi connectivity index (χ4v) is 3.46. The molecule has 24 heavy (non-hydrogen) atoms. The summed E-state index contributed by atoms with van der Waals surface area (Å²) in [5.41, 5.74) is 5.93. The van der Waals surface area contributed by atoms with E-state index in [1.54, 1.807) is 0 Å². The molecule has 1 heterocycles. The fourth-order valence-electron chi connectivity index (χ4n) is 3.46. The molecule has 1 aliphatic rings. The number of rotatable bonds is 3. The molecule has 0 unspecified atom stereocenters. The summed E-state index contributed by atoms with van der Waals surface area (Å²) in [6, 6.07) is 19.1. The number of hydrogen-bond acceptors (Lipinski definition) is 1. The highest BCUT2D eigenvalue weighted by atomic mass is 15.2. The number of allylic oxidation sites excluding steroid dienone is 5. The van der Waals surface area contributed by atoms with Crippen molar-refractivity contribution in [3.63, 3.8) is 0 Å². The van der Waals surface area contributed by atoms with Crippen LogP contribution in [0.1, 0.15) is 19.4 Å². The predicted molar refractivity (Wildman–Crippen MR) is 105 cm³/mol. The standard InChI is InChI=1S/C23H23N/c1-5-12-19-21(13-6-2)24(18-14-8-7-9-15-18)22-17-11-10-16-20(22)23(19,3)4/h5-17H,1-2H2,3-4H3/b19-12+,21-13+. The maximum absolute atomic E-state index is 3.93. The summed E-state index contributed by atoms with van der Waals surface area (Å²) in [5, 5.41) is 0. The van der Waals surface area contributed by atoms with E-state index >= 15 is 0 Å². The third-order valence-corrected chi connectivity index (χ3v) is 4.58. The number of hydrogen-bond donors (Lipinski definition) is 0. The van der Waals surface area contributed by atoms with Gasteiger partial charge in [-0.3, -0.25) is 0 Å². The van der Waals surface area contributed by atoms with Crippen LogP contribution in [-0.4, -0.2) is 0 Å². The van der Waals surface area contributed by atoms with Crippen LogP contribution >= 0.6 is 0 Å². The predicted octanol–water partition coefficient (Wildman–Crippen LogP) is 6.30. The Kier molecular flexibility index (Phi) is 4.26. The van der Waals surface area contributed by atoms with Crippen molar-refractivity contribution in [1.82, 2.24) is 0 Å². The zero-order valence-electron chi connectivity index (χ0n) is 14.4. The SMILES string of the molecule is C=C/C=C1\C(=C/C=C)N(c2ccccc2)c2ccccc2C1(C)C. The van der Waals surface area contributed by atoms with Crippen LogP contribution in [0, 0.1) is 0 Å². The number of benzene rings is 2. The summed E-state index contributed by atoms with van der Waals surface area (Å²) >= 11 is 0. The van der Waals surface area contributed by atoms with E-state index in [0.29, 0.717) is 0 Å². The maximum atomic E-state index is 3.93. The summed E-state index contributed by atoms with van der Waals surface area (Å²) in [6.07, 6.45) is 7.92. The minimum Gasteiger partial charge on any atom is -0.310 e. The van der Waals surface area contributed by atoms with Gasteiger partial charge < -0.3 is 4.90 Å². The quantitative estimate of drug-likeness (QED) is 0.643. The van der Waals surface area contributed by atoms with E-state index < -0.39 is 0 Å². The van der Waals surface area contributed by atoms with Crippen molar-refractivity contribution in [3.05, 3.63) is 109 Å². The lowest BCUT2D eigenvalue weighted by Crippen LogP contribution is -2.35. The van der Waals surface area contributed by atoms with E-state index in [2.05, 4.69) is 92.6 Å². The molecule has 0 spiro atoms. The van der Waals surface area contributed by atoms with Crippen molar-refractivity contribution in [1.29, 1.82) is 0 Å². The van der Waals surface area contributed by atoms with Crippen molar-refractivity contribution < 1.29 is 0 Å². The number of anilines is 2. The molecule has 0 fully saturated rings. The summed E-state index contributed by atoms with van der Waals surface area (Å²) in [5.74, 6) is 0. The van der Waals surface area contributed by atoms with Crippen molar-refractivity contribution >= 4 is 11.4 Å². The number of fused-ring (bicyclic) bond motifs is 1. The van der Waals surface area contributed by atoms with E-state index in [1.165, 1.54) is 16.8 Å². The molecule has 0 bridgehead atoms. The van der Waals surface area contributed by atoms with Crippen LogP contribution in [-0.2, 0) is 5.41 Å². The lowest BCUT2D eigenvalue weighted by Gasteiger charge is -2.44. The fraction of sp³-hybridized carbons (Fsp3) is 0.130. The van der Waals surface area contributed by atoms with Crippen molar-refractivity contribution in [2.75, 3.05) is 4.90 Å². The van der Waals surface area contributed by atoms with Gasteiger partial charge in [-0.05, 0) is 35.4 Å². The van der Waals surface area contributed by atoms with Gasteiger partial charge >= 0.3 is 0 Å². The van der Waals surface area contributed by atoms with E-state index in [4.69, 9.17) is 0 Å². The molecule has 0 radical (unpaired) electrons. The minimum absolute atomic E-state index is 0.106. The molecule has 2 aromatic rings. The second-order valence-corrected chi connectivity index (χ2v) is 6.42. The first-order valence-corrected chi connectivity index (χ1v) is 8.22. The van der Waals surface area contributed by atoms with Crippen LogP contribution in [0.3, 0.4) is 0 Å². The maximum Gasteiger partial charge on any atom is 0.0502 e. The van der Waals surface area contributed by atoms with Crippen LogP contribution in [0.2, 0.25) is 0 Å². The third kappa shape index (κ3) is 2.52. The summed E-state index contributed by atoms with van der Waals surface area (Å²) in [7, 11) is 0. The average Bonchev–Trinajstić information content (AvgIpc) is 2.60. The Balaban J connectivity index is 2.37. The number of nitrogens with zero attached hydrogens (tertiary/aromatic N) is 1. The molecule has 0 N–H and O–H groups in total. The Labute approximate surface area is 144 Å². The zero-order chi connectivity index (χ0) is 17.2. The average molecular weight is 313 g/mol. The highest BCUT2D eigenvalue weighted by Gasteiger charge is 2.38. The van der Waals surface area contributed by atoms with Crippen LogP contribution < -0.4 is 4.90 Å². The first-order chi connectivity index (χ1) is 11.6. The van der Waals surface area contributed by atoms with Crippen molar-refractivity contribution in [3.8, 4) is 0 Å². The third-order valence-electron chi connectivity index (χ3n) is 4.58. The van der Waals surface area contributed by atoms with Gasteiger partial charge in [-0.15, -0.1) is 0 Å². The highest BCUT2D eigenvalue weighted by molar-refractivity contribution is 5.80. The van der Waals surface area contributed by atoms with Gasteiger partial charge in [0.05, 0.1) is 11.4 Å². The van der Waals surface area contributed by atoms with Crippen LogP contribution in [0.5, 0.6) is 0 Å². The molecule has 0 saturated carbocycles. The monoisotopic (exact) mass is 313 g/mol. The van der Waals surface area contributed by atoms with E-state index in [0.717, 1.165) is 11.4 Å². The van der Waals surface area contributed by atoms with Gasteiger partial charge in [0.15, 0.2) is 0 Å². The van der Waals surface area contributed by atoms with E-state index in [9.17, 15) is 0 Å². The molecule has 1 aliphatic heterocycles. The summed E-state index contributed by atoms with van der Waals surface area (Å²) in [6.45, 7) is 12.4. The van der Waals surface area contributed by atoms with E-state index in [-0.39, 0.29) is 5.41 Å². The molecule has 0 amide bonds. The molecular formula is C23H23N. The molecule has 2 aromatic carbocycles. The molecule has 120 valence electrons. The smallest absolute Gasteiger partial charge is 0.0502 e. The van der Waals surface area contributed by atoms with Gasteiger partial charge in [0.1, 0.15) is 0 Å². The second-order valence-electron chi connectivity index (χ2n) is 6.42. The van der Waals surface area contributed by atoms with E-state index in [1.807, 2.05) is 18.2 Å². The first kappa shape index (κ1) is 16.1. The summed E-state index contributed by atoms with van der Waals surface area (Å²) < 4.78 is 0. The Morgan fingerprint density at radius 2 is 1.46 bits per heavy atom. The molecule has 0 saturated heterocycles. The number of para-hydroxylation sites is 2. The Morgan fingerprint density at radius 3 is 2.12 bits per heavy atom. The molecular weight excluding hydrogens is 290 g/mol. The van der Waals surface area contributed by atoms with Gasteiger partial charge in [0, 0.05) is 11.1 Å². The largest absolute Gasteiger partial charge is 0.310 e. The normalized spacial score (nSPS) is 19.2. The summed E-state index contributed by atoms with van der Waals surface area (Å²) in [4.78, 5) is 2.30. The van der Waals surface area contributed by atoms with Gasteiger partial charge in [0.25, 0.3) is 0 Å². The molecule has 1 heteroatoms. The second kappa shape index (κ2) is 6.37. The van der Waals surface area contributed by atoms with Gasteiger partial charge in [0.2, 0.25) is 0 Å². The van der Waals surface area contributed by atoms with Crippen LogP contribution in [0.4, 0.5) is 11.4 Å². The van der Waals surface area contributed by atoms with Crippen molar-refractivity contribution in [2.45, 2.75) is 19.3 Å². The van der Waals surface area contributed by atoms with Crippen LogP contribution in [0.25, 0.3) is 0 Å². The lowest BCUT2D eigenvalue weighted by atomic mass is 9.72. The van der Waals surface area contributed by atoms with Crippen LogP contribution in [0.15, 0.2) is 103 Å². The van der Waals surface area contributed by atoms with Gasteiger partial charge in [-0.1, -0.05) is 81.6 Å². The molecule has 0 aliphatic carbocycles. The minimum atomic E-state index is -0.106. The lowest BCUT2D eigenvalue weighted by molar-refractivity contribution is 0.613.